The fourth-order valence-electron chi connectivity index (χ4n) is 1.41. The van der Waals surface area contributed by atoms with E-state index < -0.39 is 0 Å². The summed E-state index contributed by atoms with van der Waals surface area (Å²) in [4.78, 5) is 4.17. The minimum absolute atomic E-state index is 0.433. The predicted molar refractivity (Wildman–Crippen MR) is 66.1 cm³/mol. The summed E-state index contributed by atoms with van der Waals surface area (Å²) in [6, 6.07) is 0.433. The second kappa shape index (κ2) is 5.36. The van der Waals surface area contributed by atoms with Crippen molar-refractivity contribution in [1.82, 2.24) is 9.55 Å². The molecule has 0 fully saturated rings. The van der Waals surface area contributed by atoms with Gasteiger partial charge in [0.25, 0.3) is 0 Å². The van der Waals surface area contributed by atoms with Crippen LogP contribution in [0.2, 0.25) is 0 Å². The van der Waals surface area contributed by atoms with Crippen LogP contribution in [0.1, 0.15) is 39.4 Å². The molecule has 0 unspecified atom stereocenters. The summed E-state index contributed by atoms with van der Waals surface area (Å²) in [5.41, 5.74) is 2.38. The van der Waals surface area contributed by atoms with Crippen LogP contribution in [0.3, 0.4) is 0 Å². The summed E-state index contributed by atoms with van der Waals surface area (Å²) in [6.45, 7) is 8.61. The number of halogens is 1. The summed E-state index contributed by atoms with van der Waals surface area (Å²) >= 11 is 5.91. The SMILES string of the molecule is CC(C)C(=Cc1cncn1C(C)C)CCl. The van der Waals surface area contributed by atoms with Gasteiger partial charge in [0.2, 0.25) is 0 Å². The molecule has 1 aromatic rings. The zero-order valence-electron chi connectivity index (χ0n) is 9.87. The second-order valence-electron chi connectivity index (χ2n) is 4.33. The van der Waals surface area contributed by atoms with Gasteiger partial charge in [0.15, 0.2) is 0 Å². The molecule has 0 amide bonds. The van der Waals surface area contributed by atoms with E-state index in [1.165, 1.54) is 5.57 Å². The van der Waals surface area contributed by atoms with Gasteiger partial charge >= 0.3 is 0 Å². The first-order valence-corrected chi connectivity index (χ1v) is 5.88. The number of hydrogen-bond acceptors (Lipinski definition) is 1. The van der Waals surface area contributed by atoms with Gasteiger partial charge in [-0.1, -0.05) is 19.4 Å². The van der Waals surface area contributed by atoms with E-state index in [1.807, 2.05) is 12.5 Å². The molecule has 0 aliphatic heterocycles. The van der Waals surface area contributed by atoms with Gasteiger partial charge in [-0.3, -0.25) is 0 Å². The number of imidazole rings is 1. The molecule has 0 N–H and O–H groups in total. The van der Waals surface area contributed by atoms with E-state index in [2.05, 4.69) is 43.3 Å². The Morgan fingerprint density at radius 1 is 1.47 bits per heavy atom. The molecule has 2 nitrogen and oxygen atoms in total. The van der Waals surface area contributed by atoms with Crippen LogP contribution < -0.4 is 0 Å². The molecule has 0 bridgehead atoms. The molecule has 0 aromatic carbocycles. The van der Waals surface area contributed by atoms with Crippen molar-refractivity contribution in [1.29, 1.82) is 0 Å². The average Bonchev–Trinajstić information content (AvgIpc) is 2.61. The summed E-state index contributed by atoms with van der Waals surface area (Å²) in [5.74, 6) is 1.07. The molecule has 15 heavy (non-hydrogen) atoms. The van der Waals surface area contributed by atoms with E-state index in [1.54, 1.807) is 0 Å². The van der Waals surface area contributed by atoms with Crippen LogP contribution >= 0.6 is 11.6 Å². The maximum Gasteiger partial charge on any atom is 0.0953 e. The molecular formula is C12H19ClN2. The Bertz CT molecular complexity index is 337. The molecule has 0 saturated heterocycles. The fourth-order valence-corrected chi connectivity index (χ4v) is 1.79. The molecule has 0 spiro atoms. The van der Waals surface area contributed by atoms with Crippen LogP contribution in [0.5, 0.6) is 0 Å². The normalized spacial score (nSPS) is 12.9. The molecule has 84 valence electrons. The first-order valence-electron chi connectivity index (χ1n) is 5.34. The van der Waals surface area contributed by atoms with Crippen molar-refractivity contribution in [2.24, 2.45) is 5.92 Å². The first-order chi connectivity index (χ1) is 7.06. The number of allylic oxidation sites excluding steroid dienone is 1. The molecule has 1 aromatic heterocycles. The van der Waals surface area contributed by atoms with Crippen molar-refractivity contribution in [2.75, 3.05) is 5.88 Å². The van der Waals surface area contributed by atoms with Gasteiger partial charge in [-0.2, -0.15) is 0 Å². The van der Waals surface area contributed by atoms with Gasteiger partial charge in [-0.15, -0.1) is 11.6 Å². The highest BCUT2D eigenvalue weighted by Gasteiger charge is 2.06. The van der Waals surface area contributed by atoms with Crippen molar-refractivity contribution >= 4 is 17.7 Å². The molecule has 0 aliphatic rings. The Morgan fingerprint density at radius 2 is 2.13 bits per heavy atom. The first kappa shape index (κ1) is 12.3. The van der Waals surface area contributed by atoms with E-state index in [0.29, 0.717) is 17.8 Å². The lowest BCUT2D eigenvalue weighted by Crippen LogP contribution is -2.03. The summed E-state index contributed by atoms with van der Waals surface area (Å²) in [5, 5.41) is 0. The maximum absolute atomic E-state index is 5.91. The molecule has 0 atom stereocenters. The fraction of sp³-hybridized carbons (Fsp3) is 0.583. The Kier molecular flexibility index (Phi) is 4.40. The molecule has 1 rings (SSSR count). The highest BCUT2D eigenvalue weighted by atomic mass is 35.5. The monoisotopic (exact) mass is 226 g/mol. The third-order valence-electron chi connectivity index (χ3n) is 2.48. The Morgan fingerprint density at radius 3 is 2.60 bits per heavy atom. The number of rotatable bonds is 4. The molecule has 0 aliphatic carbocycles. The second-order valence-corrected chi connectivity index (χ2v) is 4.59. The number of alkyl halides is 1. The third-order valence-corrected chi connectivity index (χ3v) is 2.79. The summed E-state index contributed by atoms with van der Waals surface area (Å²) in [6.07, 6.45) is 5.89. The molecule has 0 saturated carbocycles. The zero-order chi connectivity index (χ0) is 11.4. The lowest BCUT2D eigenvalue weighted by molar-refractivity contribution is 0.595. The summed E-state index contributed by atoms with van der Waals surface area (Å²) < 4.78 is 2.15. The molecule has 3 heteroatoms. The van der Waals surface area contributed by atoms with Crippen LogP contribution in [0.4, 0.5) is 0 Å². The lowest BCUT2D eigenvalue weighted by Gasteiger charge is -2.12. The van der Waals surface area contributed by atoms with Gasteiger partial charge in [0.05, 0.1) is 18.2 Å². The Labute approximate surface area is 97.0 Å². The lowest BCUT2D eigenvalue weighted by atomic mass is 10.0. The zero-order valence-corrected chi connectivity index (χ0v) is 10.6. The van der Waals surface area contributed by atoms with Crippen molar-refractivity contribution < 1.29 is 0 Å². The average molecular weight is 227 g/mol. The smallest absolute Gasteiger partial charge is 0.0953 e. The Hall–Kier alpha value is -0.760. The quantitative estimate of drug-likeness (QED) is 0.716. The molecule has 0 radical (unpaired) electrons. The van der Waals surface area contributed by atoms with Gasteiger partial charge in [-0.05, 0) is 25.8 Å². The van der Waals surface area contributed by atoms with Gasteiger partial charge in [0.1, 0.15) is 0 Å². The van der Waals surface area contributed by atoms with Gasteiger partial charge in [0, 0.05) is 11.9 Å². The maximum atomic E-state index is 5.91. The Balaban J connectivity index is 3.00. The minimum atomic E-state index is 0.433. The number of hydrogen-bond donors (Lipinski definition) is 0. The highest BCUT2D eigenvalue weighted by molar-refractivity contribution is 6.19. The number of nitrogens with zero attached hydrogens (tertiary/aromatic N) is 2. The third kappa shape index (κ3) is 3.10. The molecular weight excluding hydrogens is 208 g/mol. The summed E-state index contributed by atoms with van der Waals surface area (Å²) in [7, 11) is 0. The van der Waals surface area contributed by atoms with Crippen molar-refractivity contribution in [3.05, 3.63) is 23.8 Å². The van der Waals surface area contributed by atoms with Crippen LogP contribution in [0.25, 0.3) is 6.08 Å². The van der Waals surface area contributed by atoms with Crippen molar-refractivity contribution in [2.45, 2.75) is 33.7 Å². The largest absolute Gasteiger partial charge is 0.329 e. The van der Waals surface area contributed by atoms with Gasteiger partial charge < -0.3 is 4.57 Å². The minimum Gasteiger partial charge on any atom is -0.329 e. The van der Waals surface area contributed by atoms with E-state index in [4.69, 9.17) is 11.6 Å². The van der Waals surface area contributed by atoms with Crippen molar-refractivity contribution in [3.8, 4) is 0 Å². The van der Waals surface area contributed by atoms with E-state index in [0.717, 1.165) is 5.69 Å². The topological polar surface area (TPSA) is 17.8 Å². The van der Waals surface area contributed by atoms with E-state index in [9.17, 15) is 0 Å². The van der Waals surface area contributed by atoms with Crippen LogP contribution in [-0.4, -0.2) is 15.4 Å². The molecule has 1 heterocycles. The van der Waals surface area contributed by atoms with Crippen LogP contribution in [-0.2, 0) is 0 Å². The van der Waals surface area contributed by atoms with Crippen LogP contribution in [0, 0.1) is 5.92 Å². The highest BCUT2D eigenvalue weighted by Crippen LogP contribution is 2.18. The standard InChI is InChI=1S/C12H19ClN2/c1-9(2)11(6-13)5-12-7-14-8-15(12)10(3)4/h5,7-10H,6H2,1-4H3. The van der Waals surface area contributed by atoms with E-state index >= 15 is 0 Å². The van der Waals surface area contributed by atoms with Crippen LogP contribution in [0.15, 0.2) is 18.1 Å². The number of aromatic nitrogens is 2. The van der Waals surface area contributed by atoms with Gasteiger partial charge in [-0.25, -0.2) is 4.98 Å². The predicted octanol–water partition coefficient (Wildman–Crippen LogP) is 3.74. The van der Waals surface area contributed by atoms with Crippen molar-refractivity contribution in [3.63, 3.8) is 0 Å². The van der Waals surface area contributed by atoms with E-state index in [-0.39, 0.29) is 0 Å².